The number of terminal acetylenes is 1. The first-order valence-corrected chi connectivity index (χ1v) is 6.24. The third-order valence-corrected chi connectivity index (χ3v) is 3.70. The minimum atomic E-state index is 0.179. The highest BCUT2D eigenvalue weighted by Gasteiger charge is 2.43. The Morgan fingerprint density at radius 2 is 2.38 bits per heavy atom. The van der Waals surface area contributed by atoms with Crippen LogP contribution in [0.25, 0.3) is 0 Å². The Bertz CT molecular complexity index is 308. The highest BCUT2D eigenvalue weighted by Crippen LogP contribution is 2.34. The molecule has 0 saturated carbocycles. The number of nitrogens with one attached hydrogen (secondary N) is 1. The summed E-state index contributed by atoms with van der Waals surface area (Å²) in [5.41, 5.74) is 0. The zero-order valence-corrected chi connectivity index (χ0v) is 9.91. The van der Waals surface area contributed by atoms with E-state index in [2.05, 4.69) is 18.2 Å². The first-order valence-electron chi connectivity index (χ1n) is 6.24. The van der Waals surface area contributed by atoms with Crippen molar-refractivity contribution in [3.63, 3.8) is 0 Å². The summed E-state index contributed by atoms with van der Waals surface area (Å²) in [5.74, 6) is 3.03. The van der Waals surface area contributed by atoms with Crippen LogP contribution in [0.15, 0.2) is 0 Å². The van der Waals surface area contributed by atoms with Gasteiger partial charge in [0.05, 0.1) is 12.5 Å². The minimum Gasteiger partial charge on any atom is -0.331 e. The molecule has 2 rings (SSSR count). The van der Waals surface area contributed by atoms with Crippen LogP contribution in [0.2, 0.25) is 0 Å². The van der Waals surface area contributed by atoms with Gasteiger partial charge in [-0.05, 0) is 25.7 Å². The van der Waals surface area contributed by atoms with E-state index in [1.54, 1.807) is 0 Å². The maximum Gasteiger partial charge on any atom is 0.228 e. The lowest BCUT2D eigenvalue weighted by atomic mass is 9.88. The smallest absolute Gasteiger partial charge is 0.228 e. The molecule has 2 bridgehead atoms. The minimum absolute atomic E-state index is 0.179. The second kappa shape index (κ2) is 4.88. The number of carbonyl (C=O) groups excluding carboxylic acids is 1. The maximum atomic E-state index is 12.3. The first-order chi connectivity index (χ1) is 7.76. The summed E-state index contributed by atoms with van der Waals surface area (Å²) in [6.07, 6.45) is 9.68. The van der Waals surface area contributed by atoms with Crippen molar-refractivity contribution in [1.29, 1.82) is 0 Å². The summed E-state index contributed by atoms with van der Waals surface area (Å²) in [6.45, 7) is 3.33. The van der Waals surface area contributed by atoms with E-state index in [9.17, 15) is 4.79 Å². The highest BCUT2D eigenvalue weighted by atomic mass is 16.2. The molecule has 1 N–H and O–H groups in total. The van der Waals surface area contributed by atoms with Crippen molar-refractivity contribution in [2.75, 3.05) is 13.1 Å². The van der Waals surface area contributed by atoms with E-state index in [1.807, 2.05) is 4.90 Å². The molecule has 0 aromatic carbocycles. The Kier molecular flexibility index (Phi) is 3.50. The Balaban J connectivity index is 1.97. The molecule has 2 aliphatic rings. The van der Waals surface area contributed by atoms with Crippen LogP contribution in [-0.4, -0.2) is 36.0 Å². The average molecular weight is 220 g/mol. The van der Waals surface area contributed by atoms with Crippen molar-refractivity contribution in [2.24, 2.45) is 5.92 Å². The lowest BCUT2D eigenvalue weighted by Crippen LogP contribution is -2.41. The van der Waals surface area contributed by atoms with Crippen molar-refractivity contribution in [1.82, 2.24) is 10.2 Å². The lowest BCUT2D eigenvalue weighted by Gasteiger charge is -2.27. The van der Waals surface area contributed by atoms with Crippen LogP contribution in [0.1, 0.15) is 32.6 Å². The predicted octanol–water partition coefficient (Wildman–Crippen LogP) is 0.999. The molecule has 2 heterocycles. The van der Waals surface area contributed by atoms with Crippen LogP contribution in [0.4, 0.5) is 0 Å². The molecule has 16 heavy (non-hydrogen) atoms. The van der Waals surface area contributed by atoms with Crippen LogP contribution < -0.4 is 5.32 Å². The molecule has 2 saturated heterocycles. The fourth-order valence-corrected chi connectivity index (χ4v) is 2.98. The van der Waals surface area contributed by atoms with Crippen molar-refractivity contribution >= 4 is 5.91 Å². The number of hydrogen-bond acceptors (Lipinski definition) is 2. The average Bonchev–Trinajstić information content (AvgIpc) is 2.89. The van der Waals surface area contributed by atoms with E-state index in [-0.39, 0.29) is 11.8 Å². The Morgan fingerprint density at radius 3 is 2.88 bits per heavy atom. The molecule has 0 radical (unpaired) electrons. The van der Waals surface area contributed by atoms with E-state index < -0.39 is 0 Å². The van der Waals surface area contributed by atoms with Gasteiger partial charge in [0.25, 0.3) is 0 Å². The lowest BCUT2D eigenvalue weighted by molar-refractivity contribution is -0.135. The van der Waals surface area contributed by atoms with E-state index >= 15 is 0 Å². The zero-order valence-electron chi connectivity index (χ0n) is 9.91. The van der Waals surface area contributed by atoms with E-state index in [0.717, 1.165) is 25.8 Å². The summed E-state index contributed by atoms with van der Waals surface area (Å²) >= 11 is 0. The summed E-state index contributed by atoms with van der Waals surface area (Å²) in [4.78, 5) is 14.1. The fraction of sp³-hybridized carbons (Fsp3) is 0.769. The molecule has 88 valence electrons. The van der Waals surface area contributed by atoms with Crippen LogP contribution >= 0.6 is 0 Å². The molecule has 0 aliphatic carbocycles. The van der Waals surface area contributed by atoms with Gasteiger partial charge >= 0.3 is 0 Å². The summed E-state index contributed by atoms with van der Waals surface area (Å²) < 4.78 is 0. The van der Waals surface area contributed by atoms with Crippen molar-refractivity contribution in [3.8, 4) is 12.3 Å². The number of carbonyl (C=O) groups is 1. The van der Waals surface area contributed by atoms with Gasteiger partial charge in [0.2, 0.25) is 5.91 Å². The Morgan fingerprint density at radius 1 is 1.56 bits per heavy atom. The molecule has 0 aromatic rings. The normalized spacial score (nSPS) is 31.4. The molecule has 1 amide bonds. The van der Waals surface area contributed by atoms with Crippen LogP contribution in [0, 0.1) is 18.3 Å². The molecule has 3 unspecified atom stereocenters. The van der Waals surface area contributed by atoms with Crippen molar-refractivity contribution < 1.29 is 4.79 Å². The molecular weight excluding hydrogens is 200 g/mol. The topological polar surface area (TPSA) is 32.3 Å². The second-order valence-corrected chi connectivity index (χ2v) is 4.85. The van der Waals surface area contributed by atoms with Crippen molar-refractivity contribution in [3.05, 3.63) is 0 Å². The second-order valence-electron chi connectivity index (χ2n) is 4.85. The van der Waals surface area contributed by atoms with Crippen molar-refractivity contribution in [2.45, 2.75) is 44.7 Å². The molecule has 3 nitrogen and oxygen atoms in total. The van der Waals surface area contributed by atoms with Crippen LogP contribution in [0.5, 0.6) is 0 Å². The van der Waals surface area contributed by atoms with E-state index in [0.29, 0.717) is 18.6 Å². The van der Waals surface area contributed by atoms with Gasteiger partial charge in [-0.15, -0.1) is 6.42 Å². The SMILES string of the molecule is C#CCN(CCC)C(=O)C1CC2CCC1N2. The molecular formula is C13H20N2O. The van der Waals surface area contributed by atoms with Crippen LogP contribution in [0.3, 0.4) is 0 Å². The fourth-order valence-electron chi connectivity index (χ4n) is 2.98. The largest absolute Gasteiger partial charge is 0.331 e. The van der Waals surface area contributed by atoms with E-state index in [1.165, 1.54) is 6.42 Å². The number of fused-ring (bicyclic) bond motifs is 2. The number of amides is 1. The highest BCUT2D eigenvalue weighted by molar-refractivity contribution is 5.80. The quantitative estimate of drug-likeness (QED) is 0.717. The number of rotatable bonds is 4. The van der Waals surface area contributed by atoms with Gasteiger partial charge in [-0.25, -0.2) is 0 Å². The number of nitrogens with zero attached hydrogens (tertiary/aromatic N) is 1. The van der Waals surface area contributed by atoms with Gasteiger partial charge < -0.3 is 10.2 Å². The molecule has 2 aliphatic heterocycles. The standard InChI is InChI=1S/C13H20N2O/c1-3-7-15(8-4-2)13(16)11-9-10-5-6-12(11)14-10/h1,10-12,14H,4-9H2,2H3. The summed E-state index contributed by atoms with van der Waals surface area (Å²) in [7, 11) is 0. The zero-order chi connectivity index (χ0) is 11.5. The Labute approximate surface area is 97.6 Å². The predicted molar refractivity (Wildman–Crippen MR) is 63.8 cm³/mol. The molecule has 2 fully saturated rings. The molecule has 0 aromatic heterocycles. The van der Waals surface area contributed by atoms with E-state index in [4.69, 9.17) is 6.42 Å². The molecule has 0 spiro atoms. The monoisotopic (exact) mass is 220 g/mol. The van der Waals surface area contributed by atoms with Crippen LogP contribution in [-0.2, 0) is 4.79 Å². The van der Waals surface area contributed by atoms with Gasteiger partial charge in [-0.1, -0.05) is 12.8 Å². The molecule has 3 atom stereocenters. The summed E-state index contributed by atoms with van der Waals surface area (Å²) in [5, 5.41) is 3.50. The first kappa shape index (κ1) is 11.5. The number of hydrogen-bond donors (Lipinski definition) is 1. The van der Waals surface area contributed by atoms with Gasteiger partial charge in [-0.2, -0.15) is 0 Å². The van der Waals surface area contributed by atoms with Gasteiger partial charge in [0, 0.05) is 18.6 Å². The van der Waals surface area contributed by atoms with Gasteiger partial charge in [-0.3, -0.25) is 4.79 Å². The third-order valence-electron chi connectivity index (χ3n) is 3.70. The Hall–Kier alpha value is -1.01. The van der Waals surface area contributed by atoms with Gasteiger partial charge in [0.1, 0.15) is 0 Å². The van der Waals surface area contributed by atoms with Gasteiger partial charge in [0.15, 0.2) is 0 Å². The molecule has 3 heteroatoms. The summed E-state index contributed by atoms with van der Waals surface area (Å²) in [6, 6.07) is 0.989. The maximum absolute atomic E-state index is 12.3. The third kappa shape index (κ3) is 2.08.